The molecule has 2 rings (SSSR count). The highest BCUT2D eigenvalue weighted by molar-refractivity contribution is 4.90. The molecule has 2 fully saturated rings. The number of nitrogens with one attached hydrogen (secondary N) is 1. The summed E-state index contributed by atoms with van der Waals surface area (Å²) in [5, 5.41) is 13.1. The van der Waals surface area contributed by atoms with Crippen LogP contribution in [0.2, 0.25) is 0 Å². The summed E-state index contributed by atoms with van der Waals surface area (Å²) in [6.07, 6.45) is 5.91. The van der Waals surface area contributed by atoms with Gasteiger partial charge in [-0.2, -0.15) is 0 Å². The van der Waals surface area contributed by atoms with Crippen molar-refractivity contribution in [2.75, 3.05) is 6.54 Å². The molecule has 2 N–H and O–H groups in total. The molecule has 4 unspecified atom stereocenters. The maximum Gasteiger partial charge on any atom is 0.0543 e. The van der Waals surface area contributed by atoms with Crippen molar-refractivity contribution in [2.45, 2.75) is 51.2 Å². The van der Waals surface area contributed by atoms with Crippen LogP contribution in [0.4, 0.5) is 0 Å². The van der Waals surface area contributed by atoms with Crippen LogP contribution in [0.15, 0.2) is 0 Å². The van der Waals surface area contributed by atoms with Crippen molar-refractivity contribution in [1.29, 1.82) is 0 Å². The Morgan fingerprint density at radius 2 is 2.08 bits per heavy atom. The lowest BCUT2D eigenvalue weighted by Crippen LogP contribution is -2.30. The Labute approximate surface area is 80.7 Å². The summed E-state index contributed by atoms with van der Waals surface area (Å²) < 4.78 is 0. The SMILES string of the molecule is CC1CC1NCC1CCCC(O)C1. The van der Waals surface area contributed by atoms with Gasteiger partial charge in [0.05, 0.1) is 6.10 Å². The fraction of sp³-hybridized carbons (Fsp3) is 1.00. The number of aliphatic hydroxyl groups excluding tert-OH is 1. The molecule has 0 radical (unpaired) electrons. The summed E-state index contributed by atoms with van der Waals surface area (Å²) in [7, 11) is 0. The van der Waals surface area contributed by atoms with Gasteiger partial charge < -0.3 is 10.4 Å². The van der Waals surface area contributed by atoms with E-state index in [1.54, 1.807) is 0 Å². The summed E-state index contributed by atoms with van der Waals surface area (Å²) >= 11 is 0. The van der Waals surface area contributed by atoms with Gasteiger partial charge in [-0.1, -0.05) is 13.3 Å². The second-order valence-electron chi connectivity index (χ2n) is 4.91. The molecular formula is C11H21NO. The van der Waals surface area contributed by atoms with Crippen molar-refractivity contribution < 1.29 is 5.11 Å². The summed E-state index contributed by atoms with van der Waals surface area (Å²) in [6.45, 7) is 3.43. The zero-order valence-electron chi connectivity index (χ0n) is 8.50. The Bertz CT molecular complexity index is 171. The molecule has 0 aromatic rings. The maximum atomic E-state index is 9.48. The molecule has 2 heteroatoms. The molecule has 2 saturated carbocycles. The van der Waals surface area contributed by atoms with Gasteiger partial charge in [-0.05, 0) is 44.1 Å². The average molecular weight is 183 g/mol. The molecule has 76 valence electrons. The molecule has 2 aliphatic rings. The molecule has 0 amide bonds. The topological polar surface area (TPSA) is 32.3 Å². The van der Waals surface area contributed by atoms with Gasteiger partial charge in [-0.3, -0.25) is 0 Å². The van der Waals surface area contributed by atoms with Crippen LogP contribution in [0.5, 0.6) is 0 Å². The van der Waals surface area contributed by atoms with Crippen LogP contribution in [0, 0.1) is 11.8 Å². The van der Waals surface area contributed by atoms with Crippen LogP contribution >= 0.6 is 0 Å². The first-order valence-electron chi connectivity index (χ1n) is 5.67. The van der Waals surface area contributed by atoms with E-state index < -0.39 is 0 Å². The van der Waals surface area contributed by atoms with Gasteiger partial charge in [-0.25, -0.2) is 0 Å². The lowest BCUT2D eigenvalue weighted by atomic mass is 9.87. The molecule has 2 aliphatic carbocycles. The maximum absolute atomic E-state index is 9.48. The molecule has 0 spiro atoms. The first-order valence-corrected chi connectivity index (χ1v) is 5.67. The zero-order chi connectivity index (χ0) is 9.26. The van der Waals surface area contributed by atoms with Crippen molar-refractivity contribution in [3.05, 3.63) is 0 Å². The fourth-order valence-electron chi connectivity index (χ4n) is 2.37. The summed E-state index contributed by atoms with van der Waals surface area (Å²) in [5.74, 6) is 1.63. The van der Waals surface area contributed by atoms with E-state index in [1.165, 1.54) is 19.3 Å². The number of aliphatic hydroxyl groups is 1. The minimum Gasteiger partial charge on any atom is -0.393 e. The van der Waals surface area contributed by atoms with Crippen molar-refractivity contribution in [2.24, 2.45) is 11.8 Å². The summed E-state index contributed by atoms with van der Waals surface area (Å²) in [6, 6.07) is 0.791. The highest BCUT2D eigenvalue weighted by Gasteiger charge is 2.32. The number of hydrogen-bond acceptors (Lipinski definition) is 2. The van der Waals surface area contributed by atoms with Gasteiger partial charge in [0, 0.05) is 6.04 Å². The van der Waals surface area contributed by atoms with Gasteiger partial charge in [0.2, 0.25) is 0 Å². The van der Waals surface area contributed by atoms with Crippen molar-refractivity contribution in [3.8, 4) is 0 Å². The molecule has 2 nitrogen and oxygen atoms in total. The standard InChI is InChI=1S/C11H21NO/c1-8-5-11(8)12-7-9-3-2-4-10(13)6-9/h8-13H,2-7H2,1H3. The lowest BCUT2D eigenvalue weighted by Gasteiger charge is -2.26. The second kappa shape index (κ2) is 3.97. The van der Waals surface area contributed by atoms with E-state index in [4.69, 9.17) is 0 Å². The minimum atomic E-state index is -0.0165. The number of rotatable bonds is 3. The molecule has 0 bridgehead atoms. The first kappa shape index (κ1) is 9.47. The largest absolute Gasteiger partial charge is 0.393 e. The van der Waals surface area contributed by atoms with Gasteiger partial charge in [-0.15, -0.1) is 0 Å². The minimum absolute atomic E-state index is 0.0165. The third-order valence-electron chi connectivity index (χ3n) is 3.53. The van der Waals surface area contributed by atoms with E-state index in [1.807, 2.05) is 0 Å². The van der Waals surface area contributed by atoms with Crippen LogP contribution in [0.3, 0.4) is 0 Å². The van der Waals surface area contributed by atoms with Crippen molar-refractivity contribution in [1.82, 2.24) is 5.32 Å². The predicted octanol–water partition coefficient (Wildman–Crippen LogP) is 1.54. The molecule has 0 saturated heterocycles. The molecule has 13 heavy (non-hydrogen) atoms. The van der Waals surface area contributed by atoms with Crippen molar-refractivity contribution in [3.63, 3.8) is 0 Å². The monoisotopic (exact) mass is 183 g/mol. The van der Waals surface area contributed by atoms with Crippen molar-refractivity contribution >= 4 is 0 Å². The van der Waals surface area contributed by atoms with E-state index in [2.05, 4.69) is 12.2 Å². The summed E-state index contributed by atoms with van der Waals surface area (Å²) in [4.78, 5) is 0. The molecule has 4 atom stereocenters. The fourth-order valence-corrected chi connectivity index (χ4v) is 2.37. The van der Waals surface area contributed by atoms with Crippen LogP contribution in [0.25, 0.3) is 0 Å². The lowest BCUT2D eigenvalue weighted by molar-refractivity contribution is 0.100. The molecule has 0 aromatic heterocycles. The molecule has 0 aliphatic heterocycles. The summed E-state index contributed by atoms with van der Waals surface area (Å²) in [5.41, 5.74) is 0. The molecular weight excluding hydrogens is 162 g/mol. The van der Waals surface area contributed by atoms with E-state index in [9.17, 15) is 5.11 Å². The molecule has 0 heterocycles. The quantitative estimate of drug-likeness (QED) is 0.695. The highest BCUT2D eigenvalue weighted by atomic mass is 16.3. The zero-order valence-corrected chi connectivity index (χ0v) is 8.50. The van der Waals surface area contributed by atoms with Crippen LogP contribution in [0.1, 0.15) is 39.0 Å². The van der Waals surface area contributed by atoms with Gasteiger partial charge in [0.25, 0.3) is 0 Å². The second-order valence-corrected chi connectivity index (χ2v) is 4.91. The van der Waals surface area contributed by atoms with Crippen LogP contribution < -0.4 is 5.32 Å². The average Bonchev–Trinajstić information content (AvgIpc) is 2.79. The van der Waals surface area contributed by atoms with Gasteiger partial charge in [0.1, 0.15) is 0 Å². The van der Waals surface area contributed by atoms with Crippen LogP contribution in [-0.4, -0.2) is 23.8 Å². The highest BCUT2D eigenvalue weighted by Crippen LogP contribution is 2.30. The van der Waals surface area contributed by atoms with E-state index in [0.717, 1.165) is 37.3 Å². The molecule has 0 aromatic carbocycles. The van der Waals surface area contributed by atoms with E-state index in [-0.39, 0.29) is 6.10 Å². The number of hydrogen-bond donors (Lipinski definition) is 2. The van der Waals surface area contributed by atoms with E-state index in [0.29, 0.717) is 0 Å². The van der Waals surface area contributed by atoms with E-state index >= 15 is 0 Å². The Morgan fingerprint density at radius 3 is 2.69 bits per heavy atom. The third-order valence-corrected chi connectivity index (χ3v) is 3.53. The van der Waals surface area contributed by atoms with Gasteiger partial charge >= 0.3 is 0 Å². The normalized spacial score (nSPS) is 44.8. The van der Waals surface area contributed by atoms with Crippen LogP contribution in [-0.2, 0) is 0 Å². The Kier molecular flexibility index (Phi) is 2.89. The Morgan fingerprint density at radius 1 is 1.31 bits per heavy atom. The third kappa shape index (κ3) is 2.68. The predicted molar refractivity (Wildman–Crippen MR) is 53.5 cm³/mol. The Balaban J connectivity index is 1.63. The smallest absolute Gasteiger partial charge is 0.0543 e. The first-order chi connectivity index (χ1) is 6.25. The Hall–Kier alpha value is -0.0800. The van der Waals surface area contributed by atoms with Gasteiger partial charge in [0.15, 0.2) is 0 Å².